The molecule has 26 heavy (non-hydrogen) atoms. The molecule has 0 fully saturated rings. The Balaban J connectivity index is 1.51. The molecule has 0 bridgehead atoms. The number of nitro benzene ring substituents is 1. The van der Waals surface area contributed by atoms with Crippen LogP contribution in [0.5, 0.6) is 11.5 Å². The smallest absolute Gasteiger partial charge is 0.269 e. The molecular weight excluding hydrogens is 352 g/mol. The van der Waals surface area contributed by atoms with Gasteiger partial charge in [0.1, 0.15) is 18.2 Å². The van der Waals surface area contributed by atoms with Crippen molar-refractivity contribution >= 4 is 29.2 Å². The predicted octanol–water partition coefficient (Wildman–Crippen LogP) is 4.66. The maximum absolute atomic E-state index is 10.7. The molecule has 130 valence electrons. The summed E-state index contributed by atoms with van der Waals surface area (Å²) in [7, 11) is 0. The van der Waals surface area contributed by atoms with Crippen LogP contribution < -0.4 is 9.47 Å². The molecule has 2 heterocycles. The van der Waals surface area contributed by atoms with Gasteiger partial charge in [0.15, 0.2) is 11.5 Å². The molecule has 0 aliphatic carbocycles. The van der Waals surface area contributed by atoms with Crippen LogP contribution in [-0.4, -0.2) is 23.1 Å². The highest BCUT2D eigenvalue weighted by atomic mass is 32.1. The molecular formula is C19H14N2O4S. The minimum Gasteiger partial charge on any atom is -0.486 e. The molecule has 1 aliphatic heterocycles. The zero-order chi connectivity index (χ0) is 17.9. The van der Waals surface area contributed by atoms with Crippen LogP contribution in [0, 0.1) is 10.1 Å². The first-order chi connectivity index (χ1) is 12.7. The van der Waals surface area contributed by atoms with Crippen LogP contribution in [0.1, 0.15) is 10.6 Å². The second kappa shape index (κ2) is 6.97. The van der Waals surface area contributed by atoms with E-state index in [1.54, 1.807) is 12.1 Å². The largest absolute Gasteiger partial charge is 0.486 e. The van der Waals surface area contributed by atoms with Gasteiger partial charge in [-0.05, 0) is 35.9 Å². The third-order valence-corrected chi connectivity index (χ3v) is 4.69. The van der Waals surface area contributed by atoms with Gasteiger partial charge in [0.2, 0.25) is 0 Å². The van der Waals surface area contributed by atoms with Gasteiger partial charge < -0.3 is 9.47 Å². The number of hydrogen-bond acceptors (Lipinski definition) is 6. The Morgan fingerprint density at radius 3 is 2.58 bits per heavy atom. The molecule has 1 aromatic heterocycles. The zero-order valence-corrected chi connectivity index (χ0v) is 14.4. The third kappa shape index (κ3) is 3.43. The third-order valence-electron chi connectivity index (χ3n) is 3.88. The van der Waals surface area contributed by atoms with E-state index < -0.39 is 4.92 Å². The summed E-state index contributed by atoms with van der Waals surface area (Å²) >= 11 is 1.52. The summed E-state index contributed by atoms with van der Waals surface area (Å²) in [6.07, 6.45) is 3.90. The lowest BCUT2D eigenvalue weighted by molar-refractivity contribution is -0.384. The predicted molar refractivity (Wildman–Crippen MR) is 101 cm³/mol. The van der Waals surface area contributed by atoms with E-state index in [-0.39, 0.29) is 5.69 Å². The maximum atomic E-state index is 10.7. The molecule has 0 radical (unpaired) electrons. The van der Waals surface area contributed by atoms with Crippen LogP contribution >= 0.6 is 11.3 Å². The van der Waals surface area contributed by atoms with Crippen molar-refractivity contribution < 1.29 is 14.4 Å². The number of benzene rings is 2. The van der Waals surface area contributed by atoms with Gasteiger partial charge in [0.05, 0.1) is 10.6 Å². The van der Waals surface area contributed by atoms with Gasteiger partial charge in [-0.2, -0.15) is 0 Å². The Labute approximate surface area is 153 Å². The normalized spacial score (nSPS) is 13.1. The van der Waals surface area contributed by atoms with E-state index in [9.17, 15) is 10.1 Å². The second-order valence-electron chi connectivity index (χ2n) is 5.61. The number of aromatic nitrogens is 1. The number of hydrogen-bond donors (Lipinski definition) is 0. The number of thiazole rings is 1. The fraction of sp³-hybridized carbons (Fsp3) is 0.105. The van der Waals surface area contributed by atoms with Gasteiger partial charge in [-0.3, -0.25) is 10.1 Å². The number of non-ortho nitro benzene ring substituents is 1. The second-order valence-corrected chi connectivity index (χ2v) is 6.50. The Bertz CT molecular complexity index is 979. The fourth-order valence-electron chi connectivity index (χ4n) is 2.58. The van der Waals surface area contributed by atoms with Gasteiger partial charge >= 0.3 is 0 Å². The topological polar surface area (TPSA) is 74.5 Å². The first-order valence-electron chi connectivity index (χ1n) is 7.97. The number of ether oxygens (including phenoxy) is 2. The molecule has 4 rings (SSSR count). The van der Waals surface area contributed by atoms with Crippen LogP contribution in [-0.2, 0) is 0 Å². The molecule has 0 N–H and O–H groups in total. The molecule has 6 nitrogen and oxygen atoms in total. The average Bonchev–Trinajstić information content (AvgIpc) is 3.15. The molecule has 0 amide bonds. The first kappa shape index (κ1) is 16.3. The first-order valence-corrected chi connectivity index (χ1v) is 8.85. The van der Waals surface area contributed by atoms with E-state index in [1.165, 1.54) is 23.5 Å². The van der Waals surface area contributed by atoms with Gasteiger partial charge in [-0.1, -0.05) is 12.1 Å². The quantitative estimate of drug-likeness (QED) is 0.496. The van der Waals surface area contributed by atoms with E-state index in [0.717, 1.165) is 33.3 Å². The monoisotopic (exact) mass is 366 g/mol. The van der Waals surface area contributed by atoms with Crippen molar-refractivity contribution in [3.63, 3.8) is 0 Å². The van der Waals surface area contributed by atoms with Crippen molar-refractivity contribution in [1.82, 2.24) is 4.98 Å². The summed E-state index contributed by atoms with van der Waals surface area (Å²) < 4.78 is 11.1. The Morgan fingerprint density at radius 1 is 1.04 bits per heavy atom. The van der Waals surface area contributed by atoms with Crippen LogP contribution in [0.15, 0.2) is 47.8 Å². The van der Waals surface area contributed by atoms with Crippen molar-refractivity contribution in [2.45, 2.75) is 0 Å². The molecule has 0 saturated carbocycles. The van der Waals surface area contributed by atoms with Crippen molar-refractivity contribution in [3.8, 4) is 22.8 Å². The lowest BCUT2D eigenvalue weighted by atomic mass is 10.1. The molecule has 0 spiro atoms. The molecule has 0 saturated heterocycles. The number of nitro groups is 1. The van der Waals surface area contributed by atoms with Crippen LogP contribution in [0.4, 0.5) is 5.69 Å². The zero-order valence-electron chi connectivity index (χ0n) is 13.6. The Hall–Kier alpha value is -3.19. The van der Waals surface area contributed by atoms with E-state index >= 15 is 0 Å². The molecule has 3 aromatic rings. The average molecular weight is 366 g/mol. The molecule has 2 aromatic carbocycles. The van der Waals surface area contributed by atoms with E-state index in [0.29, 0.717) is 13.2 Å². The van der Waals surface area contributed by atoms with E-state index in [4.69, 9.17) is 9.47 Å². The van der Waals surface area contributed by atoms with Crippen molar-refractivity contribution in [1.29, 1.82) is 0 Å². The van der Waals surface area contributed by atoms with Gasteiger partial charge in [0.25, 0.3) is 5.69 Å². The minimum absolute atomic E-state index is 0.0720. The van der Waals surface area contributed by atoms with Gasteiger partial charge in [-0.25, -0.2) is 4.98 Å². The summed E-state index contributed by atoms with van der Waals surface area (Å²) in [4.78, 5) is 14.9. The molecule has 0 unspecified atom stereocenters. The fourth-order valence-corrected chi connectivity index (χ4v) is 3.30. The Morgan fingerprint density at radius 2 is 1.81 bits per heavy atom. The molecule has 7 heteroatoms. The number of rotatable bonds is 4. The van der Waals surface area contributed by atoms with Crippen LogP contribution in [0.3, 0.4) is 0 Å². The highest BCUT2D eigenvalue weighted by Gasteiger charge is 2.11. The SMILES string of the molecule is O=[N+]([O-])c1ccc(-c2csc(/C=C/c3ccc4c(c3)OCCO4)n2)cc1. The van der Waals surface area contributed by atoms with Crippen molar-refractivity contribution in [2.24, 2.45) is 0 Å². The molecule has 1 aliphatic rings. The highest BCUT2D eigenvalue weighted by Crippen LogP contribution is 2.31. The van der Waals surface area contributed by atoms with Crippen LogP contribution in [0.25, 0.3) is 23.4 Å². The highest BCUT2D eigenvalue weighted by molar-refractivity contribution is 7.10. The van der Waals surface area contributed by atoms with Crippen molar-refractivity contribution in [3.05, 3.63) is 68.5 Å². The number of nitrogens with zero attached hydrogens (tertiary/aromatic N) is 2. The summed E-state index contributed by atoms with van der Waals surface area (Å²) in [6, 6.07) is 12.2. The summed E-state index contributed by atoms with van der Waals surface area (Å²) in [5, 5.41) is 13.5. The lowest BCUT2D eigenvalue weighted by Gasteiger charge is -2.18. The van der Waals surface area contributed by atoms with Gasteiger partial charge in [-0.15, -0.1) is 11.3 Å². The molecule has 0 atom stereocenters. The summed E-state index contributed by atoms with van der Waals surface area (Å²) in [6.45, 7) is 1.14. The standard InChI is InChI=1S/C19H14N2O4S/c22-21(23)15-5-3-14(4-6-15)16-12-26-19(20-16)8-2-13-1-7-17-18(11-13)25-10-9-24-17/h1-8,11-12H,9-10H2/b8-2+. The van der Waals surface area contributed by atoms with E-state index in [2.05, 4.69) is 4.98 Å². The maximum Gasteiger partial charge on any atom is 0.269 e. The van der Waals surface area contributed by atoms with Crippen molar-refractivity contribution in [2.75, 3.05) is 13.2 Å². The van der Waals surface area contributed by atoms with Crippen LogP contribution in [0.2, 0.25) is 0 Å². The van der Waals surface area contributed by atoms with E-state index in [1.807, 2.05) is 35.7 Å². The lowest BCUT2D eigenvalue weighted by Crippen LogP contribution is -2.15. The Kier molecular flexibility index (Phi) is 4.37. The minimum atomic E-state index is -0.410. The van der Waals surface area contributed by atoms with Gasteiger partial charge in [0, 0.05) is 23.1 Å². The number of fused-ring (bicyclic) bond motifs is 1. The summed E-state index contributed by atoms with van der Waals surface area (Å²) in [5.41, 5.74) is 2.72. The summed E-state index contributed by atoms with van der Waals surface area (Å²) in [5.74, 6) is 1.52.